The first-order chi connectivity index (χ1) is 15.6. The third kappa shape index (κ3) is 6.27. The van der Waals surface area contributed by atoms with E-state index in [9.17, 15) is 13.2 Å². The summed E-state index contributed by atoms with van der Waals surface area (Å²) in [5.74, 6) is 1.33. The summed E-state index contributed by atoms with van der Waals surface area (Å²) in [5.41, 5.74) is 0.341. The number of amides is 1. The van der Waals surface area contributed by atoms with Gasteiger partial charge in [0.2, 0.25) is 15.9 Å². The topological polar surface area (TPSA) is 106 Å². The molecule has 11 heteroatoms. The smallest absolute Gasteiger partial charge is 0.243 e. The van der Waals surface area contributed by atoms with Crippen LogP contribution in [0.15, 0.2) is 28.3 Å². The summed E-state index contributed by atoms with van der Waals surface area (Å²) >= 11 is 1.27. The van der Waals surface area contributed by atoms with E-state index in [4.69, 9.17) is 4.74 Å². The SMILES string of the molecule is CC(C)Oc1ccc(S(=O)(=O)N2CCCCC2)cc1NC(=O)CSc1nnc(C(C)C)n1C. The van der Waals surface area contributed by atoms with Gasteiger partial charge in [-0.15, -0.1) is 10.2 Å². The minimum Gasteiger partial charge on any atom is -0.489 e. The highest BCUT2D eigenvalue weighted by atomic mass is 32.2. The molecule has 9 nitrogen and oxygen atoms in total. The molecule has 0 atom stereocenters. The Morgan fingerprint density at radius 2 is 1.85 bits per heavy atom. The van der Waals surface area contributed by atoms with Crippen LogP contribution in [0.1, 0.15) is 58.7 Å². The second-order valence-electron chi connectivity index (χ2n) is 8.68. The highest BCUT2D eigenvalue weighted by Crippen LogP contribution is 2.31. The van der Waals surface area contributed by atoms with Gasteiger partial charge in [0, 0.05) is 26.1 Å². The number of anilines is 1. The Balaban J connectivity index is 1.78. The van der Waals surface area contributed by atoms with Crippen LogP contribution in [0.2, 0.25) is 0 Å². The molecule has 0 spiro atoms. The maximum Gasteiger partial charge on any atom is 0.243 e. The molecule has 182 valence electrons. The lowest BCUT2D eigenvalue weighted by Crippen LogP contribution is -2.35. The van der Waals surface area contributed by atoms with E-state index in [1.807, 2.05) is 39.3 Å². The van der Waals surface area contributed by atoms with Crippen molar-refractivity contribution in [2.45, 2.75) is 69.0 Å². The van der Waals surface area contributed by atoms with Crippen LogP contribution in [-0.2, 0) is 21.9 Å². The third-order valence-electron chi connectivity index (χ3n) is 5.26. The Bertz CT molecular complexity index is 1080. The van der Waals surface area contributed by atoms with Gasteiger partial charge in [0.15, 0.2) is 5.16 Å². The van der Waals surface area contributed by atoms with Gasteiger partial charge in [0.1, 0.15) is 11.6 Å². The number of nitrogens with one attached hydrogen (secondary N) is 1. The molecule has 3 rings (SSSR count). The fourth-order valence-electron chi connectivity index (χ4n) is 3.65. The number of hydrogen-bond donors (Lipinski definition) is 1. The van der Waals surface area contributed by atoms with Crippen molar-refractivity contribution in [3.05, 3.63) is 24.0 Å². The highest BCUT2D eigenvalue weighted by Gasteiger charge is 2.27. The summed E-state index contributed by atoms with van der Waals surface area (Å²) in [6, 6.07) is 4.64. The molecule has 0 unspecified atom stereocenters. The fourth-order valence-corrected chi connectivity index (χ4v) is 5.91. The summed E-state index contributed by atoms with van der Waals surface area (Å²) in [5, 5.41) is 11.8. The molecule has 1 aromatic heterocycles. The molecule has 1 amide bonds. The van der Waals surface area contributed by atoms with Crippen LogP contribution in [0.4, 0.5) is 5.69 Å². The van der Waals surface area contributed by atoms with Crippen LogP contribution in [0.25, 0.3) is 0 Å². The molecule has 0 saturated carbocycles. The molecular weight excluding hydrogens is 462 g/mol. The standard InChI is InChI=1S/C22H33N5O4S2/c1-15(2)21-24-25-22(26(21)5)32-14-20(28)23-18-13-17(9-10-19(18)31-16(3)4)33(29,30)27-11-7-6-8-12-27/h9-10,13,15-16H,6-8,11-12,14H2,1-5H3,(H,23,28). The predicted octanol–water partition coefficient (Wildman–Crippen LogP) is 3.63. The molecular formula is C22H33N5O4S2. The van der Waals surface area contributed by atoms with Gasteiger partial charge in [-0.2, -0.15) is 4.31 Å². The van der Waals surface area contributed by atoms with Gasteiger partial charge in [-0.1, -0.05) is 32.0 Å². The number of thioether (sulfide) groups is 1. The molecule has 2 aromatic rings. The van der Waals surface area contributed by atoms with Gasteiger partial charge >= 0.3 is 0 Å². The van der Waals surface area contributed by atoms with Gasteiger partial charge in [-0.25, -0.2) is 8.42 Å². The summed E-state index contributed by atoms with van der Waals surface area (Å²) in [4.78, 5) is 12.9. The largest absolute Gasteiger partial charge is 0.489 e. The minimum atomic E-state index is -3.63. The number of carbonyl (C=O) groups is 1. The zero-order chi connectivity index (χ0) is 24.2. The maximum absolute atomic E-state index is 13.1. The van der Waals surface area contributed by atoms with E-state index >= 15 is 0 Å². The van der Waals surface area contributed by atoms with Gasteiger partial charge in [-0.05, 0) is 44.9 Å². The molecule has 2 heterocycles. The average Bonchev–Trinajstić information content (AvgIpc) is 3.14. The second-order valence-corrected chi connectivity index (χ2v) is 11.6. The van der Waals surface area contributed by atoms with Gasteiger partial charge in [-0.3, -0.25) is 4.79 Å². The Kier molecular flexibility index (Phi) is 8.41. The van der Waals surface area contributed by atoms with Crippen molar-refractivity contribution in [2.24, 2.45) is 7.05 Å². The van der Waals surface area contributed by atoms with E-state index in [0.717, 1.165) is 25.1 Å². The van der Waals surface area contributed by atoms with Crippen molar-refractivity contribution in [1.82, 2.24) is 19.1 Å². The quantitative estimate of drug-likeness (QED) is 0.530. The monoisotopic (exact) mass is 495 g/mol. The molecule has 0 radical (unpaired) electrons. The lowest BCUT2D eigenvalue weighted by Gasteiger charge is -2.26. The summed E-state index contributed by atoms with van der Waals surface area (Å²) < 4.78 is 35.4. The van der Waals surface area contributed by atoms with E-state index in [1.165, 1.54) is 22.1 Å². The molecule has 0 bridgehead atoms. The van der Waals surface area contributed by atoms with Crippen molar-refractivity contribution in [3.63, 3.8) is 0 Å². The molecule has 1 N–H and O–H groups in total. The van der Waals surface area contributed by atoms with Gasteiger partial charge < -0.3 is 14.6 Å². The van der Waals surface area contributed by atoms with E-state index in [-0.39, 0.29) is 28.6 Å². The summed E-state index contributed by atoms with van der Waals surface area (Å²) in [7, 11) is -1.76. The van der Waals surface area contributed by atoms with Crippen LogP contribution in [0.5, 0.6) is 5.75 Å². The number of nitrogens with zero attached hydrogens (tertiary/aromatic N) is 4. The summed E-state index contributed by atoms with van der Waals surface area (Å²) in [6.07, 6.45) is 2.62. The lowest BCUT2D eigenvalue weighted by atomic mass is 10.2. The van der Waals surface area contributed by atoms with Crippen LogP contribution in [0, 0.1) is 0 Å². The normalized spacial score (nSPS) is 15.2. The number of aromatic nitrogens is 3. The second kappa shape index (κ2) is 10.9. The van der Waals surface area contributed by atoms with Crippen molar-refractivity contribution < 1.29 is 17.9 Å². The van der Waals surface area contributed by atoms with Crippen LogP contribution < -0.4 is 10.1 Å². The zero-order valence-electron chi connectivity index (χ0n) is 19.9. The Labute approximate surface area is 200 Å². The van der Waals surface area contributed by atoms with Crippen molar-refractivity contribution in [2.75, 3.05) is 24.2 Å². The number of rotatable bonds is 9. The van der Waals surface area contributed by atoms with Crippen LogP contribution in [0.3, 0.4) is 0 Å². The first-order valence-corrected chi connectivity index (χ1v) is 13.6. The molecule has 1 saturated heterocycles. The predicted molar refractivity (Wildman–Crippen MR) is 129 cm³/mol. The van der Waals surface area contributed by atoms with Crippen molar-refractivity contribution in [3.8, 4) is 5.75 Å². The number of piperidine rings is 1. The molecule has 1 aliphatic rings. The number of carbonyl (C=O) groups excluding carboxylic acids is 1. The first kappa shape index (κ1) is 25.5. The minimum absolute atomic E-state index is 0.105. The zero-order valence-corrected chi connectivity index (χ0v) is 21.5. The number of sulfonamides is 1. The maximum atomic E-state index is 13.1. The first-order valence-electron chi connectivity index (χ1n) is 11.2. The number of benzene rings is 1. The van der Waals surface area contributed by atoms with Crippen molar-refractivity contribution in [1.29, 1.82) is 0 Å². The van der Waals surface area contributed by atoms with E-state index in [1.54, 1.807) is 12.1 Å². The molecule has 33 heavy (non-hydrogen) atoms. The van der Waals surface area contributed by atoms with Gasteiger partial charge in [0.05, 0.1) is 22.4 Å². The molecule has 1 aromatic carbocycles. The summed E-state index contributed by atoms with van der Waals surface area (Å²) in [6.45, 7) is 8.85. The fraction of sp³-hybridized carbons (Fsp3) is 0.591. The number of hydrogen-bond acceptors (Lipinski definition) is 7. The molecule has 1 aliphatic heterocycles. The molecule has 1 fully saturated rings. The van der Waals surface area contributed by atoms with E-state index in [2.05, 4.69) is 15.5 Å². The Morgan fingerprint density at radius 3 is 2.45 bits per heavy atom. The Morgan fingerprint density at radius 1 is 1.15 bits per heavy atom. The molecule has 0 aliphatic carbocycles. The van der Waals surface area contributed by atoms with E-state index < -0.39 is 10.0 Å². The third-order valence-corrected chi connectivity index (χ3v) is 8.17. The highest BCUT2D eigenvalue weighted by molar-refractivity contribution is 7.99. The van der Waals surface area contributed by atoms with Crippen molar-refractivity contribution >= 4 is 33.4 Å². The lowest BCUT2D eigenvalue weighted by molar-refractivity contribution is -0.113. The van der Waals surface area contributed by atoms with Crippen LogP contribution >= 0.6 is 11.8 Å². The van der Waals surface area contributed by atoms with Gasteiger partial charge in [0.25, 0.3) is 0 Å². The average molecular weight is 496 g/mol. The van der Waals surface area contributed by atoms with Crippen LogP contribution in [-0.4, -0.2) is 58.3 Å². The Hall–Kier alpha value is -2.11. The number of ether oxygens (including phenoxy) is 1. The van der Waals surface area contributed by atoms with E-state index in [0.29, 0.717) is 29.7 Å².